The fourth-order valence-electron chi connectivity index (χ4n) is 2.24. The normalized spacial score (nSPS) is 20.6. The van der Waals surface area contributed by atoms with E-state index in [0.29, 0.717) is 13.2 Å². The number of nitro groups is 1. The fraction of sp³-hybridized carbons (Fsp3) is 0.538. The minimum atomic E-state index is -0.452. The van der Waals surface area contributed by atoms with Crippen molar-refractivity contribution in [2.45, 2.75) is 19.1 Å². The van der Waals surface area contributed by atoms with Gasteiger partial charge in [0.05, 0.1) is 24.7 Å². The Morgan fingerprint density at radius 2 is 2.35 bits per heavy atom. The number of hydrogen-bond donors (Lipinski definition) is 1. The van der Waals surface area contributed by atoms with Crippen molar-refractivity contribution in [1.82, 2.24) is 0 Å². The molecule has 20 heavy (non-hydrogen) atoms. The van der Waals surface area contributed by atoms with Gasteiger partial charge >= 0.3 is 5.69 Å². The molecule has 0 radical (unpaired) electrons. The smallest absolute Gasteiger partial charge is 0.311 e. The van der Waals surface area contributed by atoms with Crippen LogP contribution in [0.4, 0.5) is 11.4 Å². The third kappa shape index (κ3) is 3.00. The quantitative estimate of drug-likeness (QED) is 0.657. The fourth-order valence-corrected chi connectivity index (χ4v) is 2.24. The molecule has 0 aromatic heterocycles. The van der Waals surface area contributed by atoms with Gasteiger partial charge in [0.15, 0.2) is 5.75 Å². The number of anilines is 1. The molecule has 1 aromatic rings. The Morgan fingerprint density at radius 1 is 1.60 bits per heavy atom. The van der Waals surface area contributed by atoms with Crippen molar-refractivity contribution in [3.63, 3.8) is 0 Å². The molecule has 7 nitrogen and oxygen atoms in total. The average Bonchev–Trinajstić information content (AvgIpc) is 2.46. The first-order valence-electron chi connectivity index (χ1n) is 6.47. The Labute approximate surface area is 117 Å². The lowest BCUT2D eigenvalue weighted by Gasteiger charge is -2.36. The van der Waals surface area contributed by atoms with Crippen LogP contribution in [-0.4, -0.2) is 43.9 Å². The number of nitro benzene ring substituents is 1. The standard InChI is InChI=1S/C13H19N3O4/c1-9(14)13-8-15(5-6-20-13)10-3-4-11(16(17)18)12(7-10)19-2/h3-4,7,9,13H,5-6,8,14H2,1-2H3. The molecular formula is C13H19N3O4. The molecule has 1 aromatic carbocycles. The van der Waals surface area contributed by atoms with E-state index in [1.165, 1.54) is 13.2 Å². The van der Waals surface area contributed by atoms with Gasteiger partial charge in [0.25, 0.3) is 0 Å². The number of benzene rings is 1. The summed E-state index contributed by atoms with van der Waals surface area (Å²) in [6.45, 7) is 3.89. The van der Waals surface area contributed by atoms with Gasteiger partial charge in [-0.05, 0) is 13.0 Å². The molecule has 0 aliphatic carbocycles. The van der Waals surface area contributed by atoms with Crippen molar-refractivity contribution < 1.29 is 14.4 Å². The van der Waals surface area contributed by atoms with Crippen LogP contribution in [0, 0.1) is 10.1 Å². The van der Waals surface area contributed by atoms with Gasteiger partial charge in [0.2, 0.25) is 0 Å². The Balaban J connectivity index is 2.22. The van der Waals surface area contributed by atoms with Gasteiger partial charge in [0.1, 0.15) is 0 Å². The molecule has 1 fully saturated rings. The second kappa shape index (κ2) is 6.06. The second-order valence-corrected chi connectivity index (χ2v) is 4.83. The zero-order chi connectivity index (χ0) is 14.7. The summed E-state index contributed by atoms with van der Waals surface area (Å²) in [5.74, 6) is 0.260. The summed E-state index contributed by atoms with van der Waals surface area (Å²) in [5.41, 5.74) is 6.70. The van der Waals surface area contributed by atoms with E-state index < -0.39 is 4.92 Å². The van der Waals surface area contributed by atoms with Crippen LogP contribution in [0.3, 0.4) is 0 Å². The lowest BCUT2D eigenvalue weighted by molar-refractivity contribution is -0.385. The maximum Gasteiger partial charge on any atom is 0.311 e. The maximum absolute atomic E-state index is 10.9. The van der Waals surface area contributed by atoms with Gasteiger partial charge in [-0.25, -0.2) is 0 Å². The minimum absolute atomic E-state index is 0.0340. The van der Waals surface area contributed by atoms with Crippen LogP contribution in [0.1, 0.15) is 6.92 Å². The summed E-state index contributed by atoms with van der Waals surface area (Å²) in [5, 5.41) is 10.9. The lowest BCUT2D eigenvalue weighted by Crippen LogP contribution is -2.49. The zero-order valence-electron chi connectivity index (χ0n) is 11.6. The van der Waals surface area contributed by atoms with E-state index >= 15 is 0 Å². The van der Waals surface area contributed by atoms with Gasteiger partial charge in [0, 0.05) is 37.0 Å². The molecule has 2 rings (SSSR count). The Hall–Kier alpha value is -1.86. The van der Waals surface area contributed by atoms with Crippen LogP contribution < -0.4 is 15.4 Å². The van der Waals surface area contributed by atoms with Gasteiger partial charge in [-0.1, -0.05) is 0 Å². The molecule has 7 heteroatoms. The number of nitrogens with zero attached hydrogens (tertiary/aromatic N) is 2. The predicted octanol–water partition coefficient (Wildman–Crippen LogP) is 1.16. The van der Waals surface area contributed by atoms with Crippen LogP contribution in [-0.2, 0) is 4.74 Å². The highest BCUT2D eigenvalue weighted by Gasteiger charge is 2.25. The van der Waals surface area contributed by atoms with Crippen LogP contribution in [0.15, 0.2) is 18.2 Å². The monoisotopic (exact) mass is 281 g/mol. The van der Waals surface area contributed by atoms with Crippen molar-refractivity contribution in [3.05, 3.63) is 28.3 Å². The summed E-state index contributed by atoms with van der Waals surface area (Å²) in [6, 6.07) is 4.81. The van der Waals surface area contributed by atoms with E-state index in [1.54, 1.807) is 12.1 Å². The molecule has 110 valence electrons. The van der Waals surface area contributed by atoms with Gasteiger partial charge < -0.3 is 20.1 Å². The molecule has 0 amide bonds. The molecule has 1 aliphatic rings. The number of rotatable bonds is 4. The Bertz CT molecular complexity index is 493. The van der Waals surface area contributed by atoms with Crippen LogP contribution in [0.2, 0.25) is 0 Å². The zero-order valence-corrected chi connectivity index (χ0v) is 11.6. The third-order valence-corrected chi connectivity index (χ3v) is 3.41. The van der Waals surface area contributed by atoms with Gasteiger partial charge in [-0.15, -0.1) is 0 Å². The van der Waals surface area contributed by atoms with Gasteiger partial charge in [-0.3, -0.25) is 10.1 Å². The first kappa shape index (κ1) is 14.5. The van der Waals surface area contributed by atoms with Crippen molar-refractivity contribution >= 4 is 11.4 Å². The lowest BCUT2D eigenvalue weighted by atomic mass is 10.1. The van der Waals surface area contributed by atoms with Gasteiger partial charge in [-0.2, -0.15) is 0 Å². The molecule has 0 bridgehead atoms. The third-order valence-electron chi connectivity index (χ3n) is 3.41. The Morgan fingerprint density at radius 3 is 2.95 bits per heavy atom. The van der Waals surface area contributed by atoms with E-state index in [9.17, 15) is 10.1 Å². The molecular weight excluding hydrogens is 262 g/mol. The highest BCUT2D eigenvalue weighted by atomic mass is 16.6. The van der Waals surface area contributed by atoms with Crippen molar-refractivity contribution in [1.29, 1.82) is 0 Å². The summed E-state index contributed by atoms with van der Waals surface area (Å²) in [7, 11) is 1.43. The number of methoxy groups -OCH3 is 1. The summed E-state index contributed by atoms with van der Waals surface area (Å²) >= 11 is 0. The average molecular weight is 281 g/mol. The van der Waals surface area contributed by atoms with Crippen LogP contribution in [0.5, 0.6) is 5.75 Å². The summed E-state index contributed by atoms with van der Waals surface area (Å²) in [6.07, 6.45) is -0.0371. The highest BCUT2D eigenvalue weighted by Crippen LogP contribution is 2.32. The van der Waals surface area contributed by atoms with E-state index in [1.807, 2.05) is 6.92 Å². The Kier molecular flexibility index (Phi) is 4.41. The maximum atomic E-state index is 10.9. The summed E-state index contributed by atoms with van der Waals surface area (Å²) < 4.78 is 10.7. The molecule has 2 atom stereocenters. The largest absolute Gasteiger partial charge is 0.490 e. The van der Waals surface area contributed by atoms with Crippen molar-refractivity contribution in [2.75, 3.05) is 31.7 Å². The predicted molar refractivity (Wildman–Crippen MR) is 75.3 cm³/mol. The number of morpholine rings is 1. The first-order chi connectivity index (χ1) is 9.52. The molecule has 2 unspecified atom stereocenters. The molecule has 1 heterocycles. The van der Waals surface area contributed by atoms with Crippen LogP contribution >= 0.6 is 0 Å². The van der Waals surface area contributed by atoms with E-state index in [2.05, 4.69) is 4.90 Å². The second-order valence-electron chi connectivity index (χ2n) is 4.83. The van der Waals surface area contributed by atoms with E-state index in [4.69, 9.17) is 15.2 Å². The van der Waals surface area contributed by atoms with Crippen molar-refractivity contribution in [3.8, 4) is 5.75 Å². The van der Waals surface area contributed by atoms with E-state index in [-0.39, 0.29) is 23.6 Å². The molecule has 0 spiro atoms. The minimum Gasteiger partial charge on any atom is -0.490 e. The molecule has 2 N–H and O–H groups in total. The number of ether oxygens (including phenoxy) is 2. The topological polar surface area (TPSA) is 90.9 Å². The molecule has 1 aliphatic heterocycles. The molecule has 1 saturated heterocycles. The van der Waals surface area contributed by atoms with E-state index in [0.717, 1.165) is 12.2 Å². The highest BCUT2D eigenvalue weighted by molar-refractivity contribution is 5.59. The first-order valence-corrected chi connectivity index (χ1v) is 6.47. The number of nitrogens with two attached hydrogens (primary N) is 1. The summed E-state index contributed by atoms with van der Waals surface area (Å²) in [4.78, 5) is 12.5. The van der Waals surface area contributed by atoms with Crippen molar-refractivity contribution in [2.24, 2.45) is 5.73 Å². The van der Waals surface area contributed by atoms with Crippen LogP contribution in [0.25, 0.3) is 0 Å². The number of hydrogen-bond acceptors (Lipinski definition) is 6. The SMILES string of the molecule is COc1cc(N2CCOC(C(C)N)C2)ccc1[N+](=O)[O-]. The molecule has 0 saturated carbocycles.